The Hall–Kier alpha value is -0.930. The van der Waals surface area contributed by atoms with Crippen LogP contribution in [0.2, 0.25) is 5.02 Å². The Morgan fingerprint density at radius 3 is 2.41 bits per heavy atom. The van der Waals surface area contributed by atoms with Gasteiger partial charge in [-0.25, -0.2) is 0 Å². The van der Waals surface area contributed by atoms with E-state index in [2.05, 4.69) is 0 Å². The maximum Gasteiger partial charge on any atom is 0.166 e. The number of halogens is 1. The highest BCUT2D eigenvalue weighted by atomic mass is 35.5. The summed E-state index contributed by atoms with van der Waals surface area (Å²) in [6, 6.07) is 3.63. The first-order valence-electron chi connectivity index (χ1n) is 5.74. The Labute approximate surface area is 108 Å². The first-order valence-corrected chi connectivity index (χ1v) is 6.12. The fourth-order valence-electron chi connectivity index (χ4n) is 1.65. The van der Waals surface area contributed by atoms with Crippen molar-refractivity contribution in [1.29, 1.82) is 0 Å². The van der Waals surface area contributed by atoms with Crippen LogP contribution in [0.4, 0.5) is 0 Å². The molecule has 0 fully saturated rings. The van der Waals surface area contributed by atoms with Gasteiger partial charge in [0, 0.05) is 10.6 Å². The van der Waals surface area contributed by atoms with Crippen molar-refractivity contribution in [1.82, 2.24) is 0 Å². The molecule has 0 aromatic heterocycles. The van der Waals surface area contributed by atoms with Crippen molar-refractivity contribution in [2.45, 2.75) is 32.8 Å². The van der Waals surface area contributed by atoms with E-state index in [1.807, 2.05) is 32.9 Å². The zero-order chi connectivity index (χ0) is 13.0. The standard InChI is InChI=1S/C13H20ClNO2/c1-8(2)17-13-11(16-4)6-5-10(14)12(13)9(3)7-15/h5-6,8-9H,7,15H2,1-4H3. The molecule has 1 atom stereocenters. The van der Waals surface area contributed by atoms with Gasteiger partial charge >= 0.3 is 0 Å². The van der Waals surface area contributed by atoms with Crippen LogP contribution in [0.5, 0.6) is 11.5 Å². The van der Waals surface area contributed by atoms with Crippen LogP contribution < -0.4 is 15.2 Å². The summed E-state index contributed by atoms with van der Waals surface area (Å²) in [5.74, 6) is 1.53. The molecule has 0 spiro atoms. The van der Waals surface area contributed by atoms with Crippen molar-refractivity contribution in [3.63, 3.8) is 0 Å². The molecule has 0 aliphatic rings. The van der Waals surface area contributed by atoms with Gasteiger partial charge in [0.25, 0.3) is 0 Å². The maximum absolute atomic E-state index is 6.22. The molecule has 96 valence electrons. The molecule has 0 heterocycles. The van der Waals surface area contributed by atoms with Gasteiger partial charge < -0.3 is 15.2 Å². The smallest absolute Gasteiger partial charge is 0.166 e. The van der Waals surface area contributed by atoms with Crippen LogP contribution in [0.25, 0.3) is 0 Å². The summed E-state index contributed by atoms with van der Waals surface area (Å²) >= 11 is 6.22. The molecule has 1 aromatic carbocycles. The molecule has 0 amide bonds. The van der Waals surface area contributed by atoms with Crippen LogP contribution >= 0.6 is 11.6 Å². The fraction of sp³-hybridized carbons (Fsp3) is 0.538. The van der Waals surface area contributed by atoms with Gasteiger partial charge in [-0.05, 0) is 38.4 Å². The Bertz CT molecular complexity index is 380. The molecule has 0 bridgehead atoms. The summed E-state index contributed by atoms with van der Waals surface area (Å²) in [6.07, 6.45) is 0.0612. The van der Waals surface area contributed by atoms with E-state index < -0.39 is 0 Å². The van der Waals surface area contributed by atoms with Gasteiger partial charge in [0.2, 0.25) is 0 Å². The minimum Gasteiger partial charge on any atom is -0.493 e. The summed E-state index contributed by atoms with van der Waals surface area (Å²) in [5, 5.41) is 0.666. The van der Waals surface area contributed by atoms with Gasteiger partial charge in [-0.2, -0.15) is 0 Å². The van der Waals surface area contributed by atoms with Crippen molar-refractivity contribution in [2.24, 2.45) is 5.73 Å². The first kappa shape index (κ1) is 14.1. The minimum absolute atomic E-state index is 0.0612. The minimum atomic E-state index is 0.0612. The second-order valence-corrected chi connectivity index (χ2v) is 4.70. The van der Waals surface area contributed by atoms with E-state index in [0.29, 0.717) is 23.1 Å². The van der Waals surface area contributed by atoms with Crippen LogP contribution in [-0.2, 0) is 0 Å². The third-order valence-corrected chi connectivity index (χ3v) is 2.86. The number of benzene rings is 1. The molecule has 3 nitrogen and oxygen atoms in total. The molecule has 2 N–H and O–H groups in total. The van der Waals surface area contributed by atoms with Gasteiger partial charge in [0.05, 0.1) is 13.2 Å². The highest BCUT2D eigenvalue weighted by Gasteiger charge is 2.20. The average Bonchev–Trinajstić information content (AvgIpc) is 2.28. The largest absolute Gasteiger partial charge is 0.493 e. The number of nitrogens with two attached hydrogens (primary N) is 1. The van der Waals surface area contributed by atoms with Gasteiger partial charge in [0.15, 0.2) is 11.5 Å². The predicted octanol–water partition coefficient (Wildman–Crippen LogP) is 3.20. The lowest BCUT2D eigenvalue weighted by molar-refractivity contribution is 0.226. The van der Waals surface area contributed by atoms with Gasteiger partial charge in [-0.3, -0.25) is 0 Å². The molecule has 0 saturated carbocycles. The zero-order valence-electron chi connectivity index (χ0n) is 10.8. The molecule has 0 aliphatic heterocycles. The SMILES string of the molecule is COc1ccc(Cl)c(C(C)CN)c1OC(C)C. The van der Waals surface area contributed by atoms with Crippen molar-refractivity contribution < 1.29 is 9.47 Å². The molecule has 1 aromatic rings. The van der Waals surface area contributed by atoms with E-state index >= 15 is 0 Å². The van der Waals surface area contributed by atoms with Crippen LogP contribution in [0.1, 0.15) is 32.3 Å². The van der Waals surface area contributed by atoms with Crippen molar-refractivity contribution in [3.05, 3.63) is 22.7 Å². The number of hydrogen-bond acceptors (Lipinski definition) is 3. The van der Waals surface area contributed by atoms with E-state index in [-0.39, 0.29) is 12.0 Å². The van der Waals surface area contributed by atoms with E-state index in [1.165, 1.54) is 0 Å². The van der Waals surface area contributed by atoms with E-state index in [4.69, 9.17) is 26.8 Å². The van der Waals surface area contributed by atoms with Gasteiger partial charge in [-0.15, -0.1) is 0 Å². The lowest BCUT2D eigenvalue weighted by Crippen LogP contribution is -2.14. The highest BCUT2D eigenvalue weighted by molar-refractivity contribution is 6.31. The molecule has 0 saturated heterocycles. The topological polar surface area (TPSA) is 44.5 Å². The van der Waals surface area contributed by atoms with Gasteiger partial charge in [-0.1, -0.05) is 18.5 Å². The van der Waals surface area contributed by atoms with E-state index in [1.54, 1.807) is 7.11 Å². The van der Waals surface area contributed by atoms with Crippen LogP contribution in [-0.4, -0.2) is 19.8 Å². The van der Waals surface area contributed by atoms with Crippen molar-refractivity contribution in [3.8, 4) is 11.5 Å². The molecular formula is C13H20ClNO2. The van der Waals surface area contributed by atoms with Crippen molar-refractivity contribution in [2.75, 3.05) is 13.7 Å². The summed E-state index contributed by atoms with van der Waals surface area (Å²) in [6.45, 7) is 6.48. The number of methoxy groups -OCH3 is 1. The molecule has 4 heteroatoms. The van der Waals surface area contributed by atoms with E-state index in [9.17, 15) is 0 Å². The summed E-state index contributed by atoms with van der Waals surface area (Å²) in [7, 11) is 1.62. The lowest BCUT2D eigenvalue weighted by atomic mass is 9.99. The first-order chi connectivity index (χ1) is 8.01. The van der Waals surface area contributed by atoms with Crippen LogP contribution in [0, 0.1) is 0 Å². The summed E-state index contributed by atoms with van der Waals surface area (Å²) in [4.78, 5) is 0. The second kappa shape index (κ2) is 6.12. The van der Waals surface area contributed by atoms with Crippen LogP contribution in [0.15, 0.2) is 12.1 Å². The Morgan fingerprint density at radius 2 is 1.94 bits per heavy atom. The molecular weight excluding hydrogens is 238 g/mol. The third kappa shape index (κ3) is 3.27. The monoisotopic (exact) mass is 257 g/mol. The Kier molecular flexibility index (Phi) is 5.09. The predicted molar refractivity (Wildman–Crippen MR) is 71.2 cm³/mol. The molecule has 0 radical (unpaired) electrons. The van der Waals surface area contributed by atoms with Gasteiger partial charge in [0.1, 0.15) is 0 Å². The fourth-order valence-corrected chi connectivity index (χ4v) is 1.99. The molecule has 1 unspecified atom stereocenters. The summed E-state index contributed by atoms with van der Waals surface area (Å²) < 4.78 is 11.1. The summed E-state index contributed by atoms with van der Waals surface area (Å²) in [5.41, 5.74) is 6.63. The Balaban J connectivity index is 3.31. The molecule has 1 rings (SSSR count). The number of ether oxygens (including phenoxy) is 2. The number of hydrogen-bond donors (Lipinski definition) is 1. The van der Waals surface area contributed by atoms with E-state index in [0.717, 1.165) is 5.56 Å². The lowest BCUT2D eigenvalue weighted by Gasteiger charge is -2.21. The van der Waals surface area contributed by atoms with Crippen molar-refractivity contribution >= 4 is 11.6 Å². The second-order valence-electron chi connectivity index (χ2n) is 4.30. The zero-order valence-corrected chi connectivity index (χ0v) is 11.5. The average molecular weight is 258 g/mol. The maximum atomic E-state index is 6.22. The normalized spacial score (nSPS) is 12.6. The third-order valence-electron chi connectivity index (χ3n) is 2.53. The molecule has 17 heavy (non-hydrogen) atoms. The highest BCUT2D eigenvalue weighted by Crippen LogP contribution is 2.40. The van der Waals surface area contributed by atoms with Crippen LogP contribution in [0.3, 0.4) is 0 Å². The molecule has 0 aliphatic carbocycles. The quantitative estimate of drug-likeness (QED) is 0.881. The Morgan fingerprint density at radius 1 is 1.29 bits per heavy atom. The number of rotatable bonds is 5.